The standard InChI is InChI=1S/C18H16.3C7H8.2C2H6S/c1-14-7-5-10-16-11-6-12-17(18(14)16)13-15-8-3-2-4-9-15;3*1-7-5-3-2-4-6-7;2*1-3-2/h2-12H,13H2,1H3;3*2-6H,1H3;2*1-2H3. The maximum Gasteiger partial charge on any atom is -0.00195 e. The van der Waals surface area contributed by atoms with E-state index in [9.17, 15) is 0 Å². The van der Waals surface area contributed by atoms with E-state index in [0.717, 1.165) is 6.42 Å². The lowest BCUT2D eigenvalue weighted by Crippen LogP contribution is -1.91. The zero-order valence-electron chi connectivity index (χ0n) is 28.5. The molecular weight excluding hydrogens is 581 g/mol. The van der Waals surface area contributed by atoms with Crippen molar-refractivity contribution in [3.8, 4) is 0 Å². The van der Waals surface area contributed by atoms with Crippen molar-refractivity contribution >= 4 is 34.3 Å². The first-order valence-electron chi connectivity index (χ1n) is 15.2. The molecule has 0 aliphatic heterocycles. The second-order valence-electron chi connectivity index (χ2n) is 10.5. The summed E-state index contributed by atoms with van der Waals surface area (Å²) in [6.07, 6.45) is 9.17. The molecule has 45 heavy (non-hydrogen) atoms. The number of rotatable bonds is 2. The van der Waals surface area contributed by atoms with Crippen molar-refractivity contribution in [1.82, 2.24) is 0 Å². The molecule has 6 aromatic rings. The predicted molar refractivity (Wildman–Crippen MR) is 210 cm³/mol. The summed E-state index contributed by atoms with van der Waals surface area (Å²) in [7, 11) is 0. The fourth-order valence-electron chi connectivity index (χ4n) is 4.19. The van der Waals surface area contributed by atoms with Crippen LogP contribution in [0.5, 0.6) is 0 Å². The van der Waals surface area contributed by atoms with Crippen LogP contribution in [-0.4, -0.2) is 25.0 Å². The van der Waals surface area contributed by atoms with Gasteiger partial charge in [-0.15, -0.1) is 0 Å². The molecule has 6 rings (SSSR count). The first-order valence-corrected chi connectivity index (χ1v) is 18.5. The maximum atomic E-state index is 2.24. The fourth-order valence-corrected chi connectivity index (χ4v) is 4.19. The average Bonchev–Trinajstić information content (AvgIpc) is 3.05. The summed E-state index contributed by atoms with van der Waals surface area (Å²) in [5.41, 5.74) is 8.11. The number of aryl methyl sites for hydroxylation is 4. The van der Waals surface area contributed by atoms with Crippen LogP contribution in [0.1, 0.15) is 33.4 Å². The van der Waals surface area contributed by atoms with Crippen molar-refractivity contribution < 1.29 is 0 Å². The van der Waals surface area contributed by atoms with Gasteiger partial charge in [-0.1, -0.05) is 174 Å². The van der Waals surface area contributed by atoms with Gasteiger partial charge in [-0.25, -0.2) is 0 Å². The van der Waals surface area contributed by atoms with Gasteiger partial charge in [0.1, 0.15) is 0 Å². The third kappa shape index (κ3) is 18.6. The van der Waals surface area contributed by atoms with Gasteiger partial charge >= 0.3 is 0 Å². The highest BCUT2D eigenvalue weighted by atomic mass is 32.2. The molecule has 0 saturated carbocycles. The molecule has 0 unspecified atom stereocenters. The first-order chi connectivity index (χ1) is 21.9. The maximum absolute atomic E-state index is 2.24. The second kappa shape index (κ2) is 25.6. The van der Waals surface area contributed by atoms with E-state index in [4.69, 9.17) is 0 Å². The Balaban J connectivity index is 0.000000312. The van der Waals surface area contributed by atoms with Crippen LogP contribution in [0.3, 0.4) is 0 Å². The molecule has 0 fully saturated rings. The van der Waals surface area contributed by atoms with Crippen molar-refractivity contribution in [1.29, 1.82) is 0 Å². The molecule has 0 amide bonds. The zero-order chi connectivity index (χ0) is 33.1. The van der Waals surface area contributed by atoms with Crippen LogP contribution < -0.4 is 0 Å². The third-order valence-electron chi connectivity index (χ3n) is 6.26. The topological polar surface area (TPSA) is 0 Å². The van der Waals surface area contributed by atoms with Crippen LogP contribution in [0, 0.1) is 27.7 Å². The minimum Gasteiger partial charge on any atom is -0.169 e. The van der Waals surface area contributed by atoms with Crippen LogP contribution >= 0.6 is 23.5 Å². The van der Waals surface area contributed by atoms with Crippen molar-refractivity contribution in [2.24, 2.45) is 0 Å². The highest BCUT2D eigenvalue weighted by molar-refractivity contribution is 7.98. The van der Waals surface area contributed by atoms with Gasteiger partial charge in [-0.3, -0.25) is 0 Å². The second-order valence-corrected chi connectivity index (χ2v) is 12.2. The molecule has 0 radical (unpaired) electrons. The Bertz CT molecular complexity index is 1420. The minimum atomic E-state index is 1.00. The number of fused-ring (bicyclic) bond motifs is 1. The highest BCUT2D eigenvalue weighted by Gasteiger charge is 2.04. The Morgan fingerprint density at radius 3 is 1.04 bits per heavy atom. The SMILES string of the molecule is CSC.CSC.Cc1cccc2cccc(Cc3ccccc3)c12.Cc1ccccc1.Cc1ccccc1.Cc1ccccc1. The summed E-state index contributed by atoms with van der Waals surface area (Å²) in [5, 5.41) is 2.74. The van der Waals surface area contributed by atoms with Gasteiger partial charge in [0.15, 0.2) is 0 Å². The van der Waals surface area contributed by atoms with E-state index >= 15 is 0 Å². The quantitative estimate of drug-likeness (QED) is 0.186. The van der Waals surface area contributed by atoms with Crippen LogP contribution in [-0.2, 0) is 6.42 Å². The molecule has 0 bridgehead atoms. The Morgan fingerprint density at radius 1 is 0.378 bits per heavy atom. The summed E-state index contributed by atoms with van der Waals surface area (Å²) in [5.74, 6) is 0. The highest BCUT2D eigenvalue weighted by Crippen LogP contribution is 2.24. The van der Waals surface area contributed by atoms with Crippen LogP contribution in [0.25, 0.3) is 10.8 Å². The monoisotopic (exact) mass is 632 g/mol. The zero-order valence-corrected chi connectivity index (χ0v) is 30.2. The van der Waals surface area contributed by atoms with Crippen LogP contribution in [0.15, 0.2) is 158 Å². The molecule has 0 aliphatic rings. The molecule has 2 heteroatoms. The van der Waals surface area contributed by atoms with E-state index in [1.54, 1.807) is 23.5 Å². The largest absolute Gasteiger partial charge is 0.169 e. The van der Waals surface area contributed by atoms with Crippen molar-refractivity contribution in [2.45, 2.75) is 34.1 Å². The van der Waals surface area contributed by atoms with Gasteiger partial charge < -0.3 is 0 Å². The molecule has 0 heterocycles. The molecule has 0 aliphatic carbocycles. The summed E-state index contributed by atoms with van der Waals surface area (Å²) < 4.78 is 0. The van der Waals surface area contributed by atoms with Crippen molar-refractivity contribution in [3.63, 3.8) is 0 Å². The average molecular weight is 633 g/mol. The van der Waals surface area contributed by atoms with Crippen LogP contribution in [0.4, 0.5) is 0 Å². The number of hydrogen-bond acceptors (Lipinski definition) is 2. The molecule has 6 aromatic carbocycles. The van der Waals surface area contributed by atoms with E-state index in [0.29, 0.717) is 0 Å². The molecule has 0 nitrogen and oxygen atoms in total. The molecule has 236 valence electrons. The van der Waals surface area contributed by atoms with Gasteiger partial charge in [0.25, 0.3) is 0 Å². The van der Waals surface area contributed by atoms with Gasteiger partial charge in [0.2, 0.25) is 0 Å². The number of hydrogen-bond donors (Lipinski definition) is 0. The number of benzene rings is 6. The third-order valence-corrected chi connectivity index (χ3v) is 6.26. The Kier molecular flexibility index (Phi) is 22.4. The molecule has 0 atom stereocenters. The molecular formula is C43H52S2. The molecule has 0 spiro atoms. The molecule has 0 saturated heterocycles. The van der Waals surface area contributed by atoms with Crippen molar-refractivity contribution in [2.75, 3.05) is 25.0 Å². The Hall–Kier alpha value is -3.72. The van der Waals surface area contributed by atoms with Crippen molar-refractivity contribution in [3.05, 3.63) is 191 Å². The Morgan fingerprint density at radius 2 is 0.711 bits per heavy atom. The lowest BCUT2D eigenvalue weighted by atomic mass is 9.95. The van der Waals surface area contributed by atoms with Gasteiger partial charge in [-0.2, -0.15) is 23.5 Å². The summed E-state index contributed by atoms with van der Waals surface area (Å²) in [4.78, 5) is 0. The van der Waals surface area contributed by atoms with E-state index < -0.39 is 0 Å². The first kappa shape index (κ1) is 39.3. The van der Waals surface area contributed by atoms with Crippen LogP contribution in [0.2, 0.25) is 0 Å². The normalized spacial score (nSPS) is 9.16. The van der Waals surface area contributed by atoms with Gasteiger partial charge in [-0.05, 0) is 86.6 Å². The predicted octanol–water partition coefficient (Wildman–Crippen LogP) is 12.7. The summed E-state index contributed by atoms with van der Waals surface area (Å²) >= 11 is 3.50. The van der Waals surface area contributed by atoms with E-state index in [-0.39, 0.29) is 0 Å². The summed E-state index contributed by atoms with van der Waals surface area (Å²) in [6.45, 7) is 8.44. The lowest BCUT2D eigenvalue weighted by molar-refractivity contribution is 1.21. The smallest absolute Gasteiger partial charge is 0.00195 e. The van der Waals surface area contributed by atoms with Gasteiger partial charge in [0, 0.05) is 0 Å². The van der Waals surface area contributed by atoms with E-state index in [1.807, 2.05) is 79.6 Å². The van der Waals surface area contributed by atoms with E-state index in [2.05, 4.69) is 131 Å². The minimum absolute atomic E-state index is 1.00. The van der Waals surface area contributed by atoms with E-state index in [1.165, 1.54) is 44.2 Å². The number of thioether (sulfide) groups is 2. The summed E-state index contributed by atoms with van der Waals surface area (Å²) in [6, 6.07) is 54.5. The lowest BCUT2D eigenvalue weighted by Gasteiger charge is -2.09. The fraction of sp³-hybridized carbons (Fsp3) is 0.209. The molecule has 0 N–H and O–H groups in total. The Labute approximate surface area is 283 Å². The van der Waals surface area contributed by atoms with Gasteiger partial charge in [0.05, 0.1) is 0 Å². The molecule has 0 aromatic heterocycles.